The van der Waals surface area contributed by atoms with Crippen LogP contribution in [0.1, 0.15) is 11.1 Å². The molecular formula is C25H19BrClN3O3. The van der Waals surface area contributed by atoms with Crippen LogP contribution in [-0.4, -0.2) is 23.7 Å². The van der Waals surface area contributed by atoms with Crippen molar-refractivity contribution in [1.29, 1.82) is 0 Å². The van der Waals surface area contributed by atoms with E-state index in [-0.39, 0.29) is 6.61 Å². The van der Waals surface area contributed by atoms with Crippen molar-refractivity contribution in [2.75, 3.05) is 6.61 Å². The maximum absolute atomic E-state index is 12.2. The van der Waals surface area contributed by atoms with Crippen LogP contribution in [0.4, 0.5) is 0 Å². The highest BCUT2D eigenvalue weighted by atomic mass is 79.9. The van der Waals surface area contributed by atoms with Gasteiger partial charge in [-0.05, 0) is 48.0 Å². The normalized spacial score (nSPS) is 11.0. The van der Waals surface area contributed by atoms with E-state index in [1.54, 1.807) is 12.3 Å². The van der Waals surface area contributed by atoms with Gasteiger partial charge in [-0.2, -0.15) is 5.10 Å². The lowest BCUT2D eigenvalue weighted by atomic mass is 10.2. The van der Waals surface area contributed by atoms with E-state index in [0.29, 0.717) is 34.2 Å². The van der Waals surface area contributed by atoms with Crippen molar-refractivity contribution in [3.05, 3.63) is 99.6 Å². The van der Waals surface area contributed by atoms with Crippen LogP contribution in [0.25, 0.3) is 10.9 Å². The number of aromatic nitrogens is 1. The number of rotatable bonds is 8. The molecule has 0 unspecified atom stereocenters. The highest BCUT2D eigenvalue weighted by Crippen LogP contribution is 2.24. The largest absolute Gasteiger partial charge is 0.488 e. The zero-order valence-electron chi connectivity index (χ0n) is 17.4. The predicted octanol–water partition coefficient (Wildman–Crippen LogP) is 5.76. The lowest BCUT2D eigenvalue weighted by Gasteiger charge is -2.10. The summed E-state index contributed by atoms with van der Waals surface area (Å²) in [5.74, 6) is 0.777. The lowest BCUT2D eigenvalue weighted by Crippen LogP contribution is -2.24. The van der Waals surface area contributed by atoms with Gasteiger partial charge in [-0.25, -0.2) is 5.43 Å². The number of nitrogens with one attached hydrogen (secondary N) is 1. The van der Waals surface area contributed by atoms with Gasteiger partial charge < -0.3 is 9.47 Å². The second-order valence-corrected chi connectivity index (χ2v) is 8.36. The molecule has 0 radical (unpaired) electrons. The number of benzene rings is 3. The lowest BCUT2D eigenvalue weighted by molar-refractivity contribution is -0.123. The van der Waals surface area contributed by atoms with Crippen molar-refractivity contribution >= 4 is 50.6 Å². The molecule has 0 saturated heterocycles. The summed E-state index contributed by atoms with van der Waals surface area (Å²) in [5, 5.41) is 5.66. The van der Waals surface area contributed by atoms with Crippen molar-refractivity contribution in [3.8, 4) is 11.5 Å². The molecule has 1 N–H and O–H groups in total. The second kappa shape index (κ2) is 10.9. The van der Waals surface area contributed by atoms with E-state index in [9.17, 15) is 4.79 Å². The molecule has 1 amide bonds. The van der Waals surface area contributed by atoms with Crippen LogP contribution in [0.2, 0.25) is 5.02 Å². The summed E-state index contributed by atoms with van der Waals surface area (Å²) in [6.07, 6.45) is 3.21. The molecule has 0 saturated carbocycles. The van der Waals surface area contributed by atoms with Crippen molar-refractivity contribution < 1.29 is 14.3 Å². The van der Waals surface area contributed by atoms with Crippen LogP contribution >= 0.6 is 27.5 Å². The van der Waals surface area contributed by atoms with Crippen molar-refractivity contribution in [2.45, 2.75) is 6.61 Å². The molecule has 0 fully saturated rings. The van der Waals surface area contributed by atoms with Gasteiger partial charge in [0.05, 0.1) is 6.21 Å². The quantitative estimate of drug-likeness (QED) is 0.235. The minimum absolute atomic E-state index is 0.189. The highest BCUT2D eigenvalue weighted by molar-refractivity contribution is 9.10. The summed E-state index contributed by atoms with van der Waals surface area (Å²) < 4.78 is 12.4. The Morgan fingerprint density at radius 3 is 2.70 bits per heavy atom. The fraction of sp³-hybridized carbons (Fsp3) is 0.0800. The van der Waals surface area contributed by atoms with Gasteiger partial charge in [0.2, 0.25) is 0 Å². The second-order valence-electron chi connectivity index (χ2n) is 7.01. The average molecular weight is 525 g/mol. The summed E-state index contributed by atoms with van der Waals surface area (Å²) in [6.45, 7) is 0.185. The molecule has 33 heavy (non-hydrogen) atoms. The zero-order valence-corrected chi connectivity index (χ0v) is 19.7. The number of pyridine rings is 1. The van der Waals surface area contributed by atoms with Gasteiger partial charge in [-0.15, -0.1) is 0 Å². The van der Waals surface area contributed by atoms with Crippen LogP contribution in [0.3, 0.4) is 0 Å². The number of carbonyl (C=O) groups is 1. The molecule has 0 spiro atoms. The Hall–Kier alpha value is -3.42. The highest BCUT2D eigenvalue weighted by Gasteiger charge is 2.07. The Morgan fingerprint density at radius 1 is 1.03 bits per heavy atom. The van der Waals surface area contributed by atoms with Crippen molar-refractivity contribution in [2.24, 2.45) is 5.10 Å². The Balaban J connectivity index is 1.35. The third-order valence-electron chi connectivity index (χ3n) is 4.63. The molecule has 4 aromatic rings. The predicted molar refractivity (Wildman–Crippen MR) is 133 cm³/mol. The minimum atomic E-state index is -0.391. The Bertz CT molecular complexity index is 1290. The van der Waals surface area contributed by atoms with Gasteiger partial charge in [-0.3, -0.25) is 9.78 Å². The zero-order chi connectivity index (χ0) is 23.0. The molecule has 0 atom stereocenters. The Kier molecular flexibility index (Phi) is 7.55. The molecule has 0 aliphatic carbocycles. The Labute approximate surface area is 204 Å². The number of hydrazone groups is 1. The number of hydrogen-bond acceptors (Lipinski definition) is 5. The van der Waals surface area contributed by atoms with Gasteiger partial charge in [-0.1, -0.05) is 57.9 Å². The van der Waals surface area contributed by atoms with Crippen molar-refractivity contribution in [3.63, 3.8) is 0 Å². The number of hydrogen-bond donors (Lipinski definition) is 1. The van der Waals surface area contributed by atoms with Gasteiger partial charge in [0.25, 0.3) is 5.91 Å². The first-order valence-electron chi connectivity index (χ1n) is 10.0. The maximum Gasteiger partial charge on any atom is 0.277 e. The van der Waals surface area contributed by atoms with E-state index in [0.717, 1.165) is 15.4 Å². The average Bonchev–Trinajstić information content (AvgIpc) is 2.83. The Morgan fingerprint density at radius 2 is 1.85 bits per heavy atom. The maximum atomic E-state index is 12.2. The molecule has 0 aliphatic heterocycles. The SMILES string of the molecule is O=C(COc1cccc2cccnc12)N/N=C/c1cc(Br)ccc1OCc1ccc(Cl)cc1. The van der Waals surface area contributed by atoms with Crippen LogP contribution in [0.15, 0.2) is 88.6 Å². The first-order valence-corrected chi connectivity index (χ1v) is 11.2. The van der Waals surface area contributed by atoms with Crippen LogP contribution in [0, 0.1) is 0 Å². The molecule has 166 valence electrons. The van der Waals surface area contributed by atoms with E-state index in [1.165, 1.54) is 6.21 Å². The van der Waals surface area contributed by atoms with Gasteiger partial charge in [0, 0.05) is 26.6 Å². The fourth-order valence-corrected chi connectivity index (χ4v) is 3.54. The summed E-state index contributed by atoms with van der Waals surface area (Å²) in [6, 6.07) is 22.3. The number of amides is 1. The molecule has 0 aliphatic rings. The number of halogens is 2. The number of para-hydroxylation sites is 1. The molecule has 8 heteroatoms. The van der Waals surface area contributed by atoms with Gasteiger partial charge >= 0.3 is 0 Å². The van der Waals surface area contributed by atoms with E-state index in [2.05, 4.69) is 31.4 Å². The minimum Gasteiger partial charge on any atom is -0.488 e. The fourth-order valence-electron chi connectivity index (χ4n) is 3.04. The topological polar surface area (TPSA) is 72.8 Å². The molecule has 1 heterocycles. The smallest absolute Gasteiger partial charge is 0.277 e. The van der Waals surface area contributed by atoms with Crippen LogP contribution in [-0.2, 0) is 11.4 Å². The standard InChI is InChI=1S/C25H19BrClN3O3/c26-20-8-11-22(32-15-17-6-9-21(27)10-7-17)19(13-20)14-29-30-24(31)16-33-23-5-1-3-18-4-2-12-28-25(18)23/h1-14H,15-16H2,(H,30,31)/b29-14+. The molecule has 3 aromatic carbocycles. The monoisotopic (exact) mass is 523 g/mol. The van der Waals surface area contributed by atoms with Gasteiger partial charge in [0.1, 0.15) is 23.6 Å². The molecule has 0 bridgehead atoms. The third kappa shape index (κ3) is 6.31. The first kappa shape index (κ1) is 22.8. The van der Waals surface area contributed by atoms with Crippen LogP contribution < -0.4 is 14.9 Å². The van der Waals surface area contributed by atoms with Gasteiger partial charge in [0.15, 0.2) is 6.61 Å². The first-order chi connectivity index (χ1) is 16.1. The van der Waals surface area contributed by atoms with Crippen LogP contribution in [0.5, 0.6) is 11.5 Å². The number of carbonyl (C=O) groups excluding carboxylic acids is 1. The van der Waals surface area contributed by atoms with Crippen molar-refractivity contribution in [1.82, 2.24) is 10.4 Å². The number of fused-ring (bicyclic) bond motifs is 1. The molecule has 1 aromatic heterocycles. The number of nitrogens with zero attached hydrogens (tertiary/aromatic N) is 2. The van der Waals surface area contributed by atoms with E-state index in [4.69, 9.17) is 21.1 Å². The molecule has 4 rings (SSSR count). The third-order valence-corrected chi connectivity index (χ3v) is 5.37. The summed E-state index contributed by atoms with van der Waals surface area (Å²) in [7, 11) is 0. The summed E-state index contributed by atoms with van der Waals surface area (Å²) in [4.78, 5) is 16.5. The van der Waals surface area contributed by atoms with E-state index >= 15 is 0 Å². The molecule has 6 nitrogen and oxygen atoms in total. The van der Waals surface area contributed by atoms with E-state index < -0.39 is 5.91 Å². The number of ether oxygens (including phenoxy) is 2. The molecular weight excluding hydrogens is 506 g/mol. The van der Waals surface area contributed by atoms with E-state index in [1.807, 2.05) is 66.7 Å². The summed E-state index contributed by atoms with van der Waals surface area (Å²) >= 11 is 9.37. The summed E-state index contributed by atoms with van der Waals surface area (Å²) in [5.41, 5.74) is 4.87.